The largest absolute Gasteiger partial charge is 0.465 e. The molecule has 0 aliphatic carbocycles. The van der Waals surface area contributed by atoms with Crippen LogP contribution in [-0.4, -0.2) is 0 Å². The van der Waals surface area contributed by atoms with Gasteiger partial charge in [-0.1, -0.05) is 36.4 Å². The normalized spacial score (nSPS) is 12.3. The van der Waals surface area contributed by atoms with Gasteiger partial charge in [-0.3, -0.25) is 0 Å². The highest BCUT2D eigenvalue weighted by Gasteiger charge is 2.12. The molecule has 0 saturated heterocycles. The first kappa shape index (κ1) is 12.7. The molecular formula is C16H19NO. The van der Waals surface area contributed by atoms with Crippen LogP contribution in [0.15, 0.2) is 59.5 Å². The van der Waals surface area contributed by atoms with Crippen molar-refractivity contribution < 1.29 is 4.42 Å². The lowest BCUT2D eigenvalue weighted by atomic mass is 10.1. The first-order chi connectivity index (χ1) is 8.79. The maximum absolute atomic E-state index is 5.68. The summed E-state index contributed by atoms with van der Waals surface area (Å²) in [7, 11) is 0. The maximum Gasteiger partial charge on any atom is 0.121 e. The highest BCUT2D eigenvalue weighted by atomic mass is 16.3. The summed E-state index contributed by atoms with van der Waals surface area (Å²) in [5.41, 5.74) is 1.27. The van der Waals surface area contributed by atoms with E-state index in [0.717, 1.165) is 24.5 Å². The van der Waals surface area contributed by atoms with Gasteiger partial charge in [0.15, 0.2) is 0 Å². The van der Waals surface area contributed by atoms with E-state index in [-0.39, 0.29) is 6.04 Å². The zero-order valence-electron chi connectivity index (χ0n) is 10.7. The van der Waals surface area contributed by atoms with Crippen LogP contribution in [0.1, 0.15) is 29.5 Å². The van der Waals surface area contributed by atoms with Gasteiger partial charge in [0.1, 0.15) is 11.5 Å². The summed E-state index contributed by atoms with van der Waals surface area (Å²) in [6, 6.07) is 14.6. The Hall–Kier alpha value is -1.80. The Morgan fingerprint density at radius 1 is 1.22 bits per heavy atom. The van der Waals surface area contributed by atoms with Crippen LogP contribution in [0.3, 0.4) is 0 Å². The van der Waals surface area contributed by atoms with Crippen LogP contribution < -0.4 is 5.32 Å². The fourth-order valence-electron chi connectivity index (χ4n) is 1.94. The van der Waals surface area contributed by atoms with Crippen molar-refractivity contribution in [1.82, 2.24) is 5.32 Å². The van der Waals surface area contributed by atoms with Crippen molar-refractivity contribution in [2.45, 2.75) is 25.9 Å². The smallest absolute Gasteiger partial charge is 0.121 e. The third-order valence-electron chi connectivity index (χ3n) is 2.90. The number of rotatable bonds is 6. The quantitative estimate of drug-likeness (QED) is 0.773. The molecule has 0 saturated carbocycles. The number of furan rings is 1. The van der Waals surface area contributed by atoms with Crippen molar-refractivity contribution in [3.05, 3.63) is 72.2 Å². The van der Waals surface area contributed by atoms with E-state index in [1.165, 1.54) is 5.56 Å². The second-order valence-electron chi connectivity index (χ2n) is 4.39. The Morgan fingerprint density at radius 3 is 2.61 bits per heavy atom. The minimum absolute atomic E-state index is 0.191. The predicted octanol–water partition coefficient (Wildman–Crippen LogP) is 4.00. The second kappa shape index (κ2) is 6.22. The maximum atomic E-state index is 5.68. The second-order valence-corrected chi connectivity index (χ2v) is 4.39. The topological polar surface area (TPSA) is 25.2 Å². The van der Waals surface area contributed by atoms with E-state index in [0.29, 0.717) is 0 Å². The number of nitrogens with one attached hydrogen (secondary N) is 1. The Balaban J connectivity index is 2.01. The molecule has 0 radical (unpaired) electrons. The molecule has 0 amide bonds. The molecule has 2 aromatic rings. The Labute approximate surface area is 108 Å². The van der Waals surface area contributed by atoms with Gasteiger partial charge in [-0.2, -0.15) is 0 Å². The van der Waals surface area contributed by atoms with Gasteiger partial charge in [-0.05, 0) is 31.0 Å². The van der Waals surface area contributed by atoms with E-state index in [9.17, 15) is 0 Å². The molecule has 0 spiro atoms. The molecular weight excluding hydrogens is 222 g/mol. The molecule has 2 heteroatoms. The molecule has 1 aromatic heterocycles. The Morgan fingerprint density at radius 2 is 2.00 bits per heavy atom. The fraction of sp³-hybridized carbons (Fsp3) is 0.250. The molecule has 2 rings (SSSR count). The van der Waals surface area contributed by atoms with Crippen molar-refractivity contribution >= 4 is 0 Å². The zero-order valence-corrected chi connectivity index (χ0v) is 10.7. The third-order valence-corrected chi connectivity index (χ3v) is 2.90. The molecule has 0 fully saturated rings. The van der Waals surface area contributed by atoms with E-state index in [1.54, 1.807) is 0 Å². The monoisotopic (exact) mass is 241 g/mol. The summed E-state index contributed by atoms with van der Waals surface area (Å²) >= 11 is 0. The van der Waals surface area contributed by atoms with Crippen LogP contribution >= 0.6 is 0 Å². The van der Waals surface area contributed by atoms with Crippen LogP contribution in [0, 0.1) is 6.92 Å². The summed E-state index contributed by atoms with van der Waals surface area (Å²) in [6.45, 7) is 6.60. The molecule has 0 unspecified atom stereocenters. The van der Waals surface area contributed by atoms with Gasteiger partial charge in [0, 0.05) is 6.54 Å². The minimum Gasteiger partial charge on any atom is -0.465 e. The van der Waals surface area contributed by atoms with Crippen LogP contribution in [-0.2, 0) is 6.54 Å². The molecule has 1 atom stereocenters. The Bertz CT molecular complexity index is 487. The molecule has 94 valence electrons. The highest BCUT2D eigenvalue weighted by molar-refractivity contribution is 5.16. The number of hydrogen-bond acceptors (Lipinski definition) is 2. The molecule has 1 heterocycles. The van der Waals surface area contributed by atoms with Crippen molar-refractivity contribution in [2.75, 3.05) is 0 Å². The third kappa shape index (κ3) is 3.34. The molecule has 18 heavy (non-hydrogen) atoms. The van der Waals surface area contributed by atoms with Crippen molar-refractivity contribution in [3.8, 4) is 0 Å². The molecule has 0 bridgehead atoms. The Kier molecular flexibility index (Phi) is 4.37. The van der Waals surface area contributed by atoms with Crippen LogP contribution in [0.4, 0.5) is 0 Å². The minimum atomic E-state index is 0.191. The van der Waals surface area contributed by atoms with Crippen LogP contribution in [0.25, 0.3) is 0 Å². The van der Waals surface area contributed by atoms with E-state index < -0.39 is 0 Å². The van der Waals surface area contributed by atoms with E-state index >= 15 is 0 Å². The van der Waals surface area contributed by atoms with Crippen molar-refractivity contribution in [1.29, 1.82) is 0 Å². The van der Waals surface area contributed by atoms with Crippen LogP contribution in [0.2, 0.25) is 0 Å². The summed E-state index contributed by atoms with van der Waals surface area (Å²) < 4.78 is 5.68. The van der Waals surface area contributed by atoms with Gasteiger partial charge in [0.05, 0.1) is 6.04 Å². The van der Waals surface area contributed by atoms with Gasteiger partial charge in [-0.15, -0.1) is 6.58 Å². The molecule has 1 N–H and O–H groups in total. The number of benzene rings is 1. The average Bonchev–Trinajstić information content (AvgIpc) is 2.82. The molecule has 1 aromatic carbocycles. The first-order valence-electron chi connectivity index (χ1n) is 6.24. The number of aryl methyl sites for hydroxylation is 1. The molecule has 0 aliphatic heterocycles. The number of hydrogen-bond donors (Lipinski definition) is 1. The lowest BCUT2D eigenvalue weighted by Gasteiger charge is -2.15. The van der Waals surface area contributed by atoms with E-state index in [1.807, 2.05) is 31.2 Å². The molecule has 2 nitrogen and oxygen atoms in total. The lowest BCUT2D eigenvalue weighted by molar-refractivity contribution is 0.400. The lowest BCUT2D eigenvalue weighted by Crippen LogP contribution is -2.19. The zero-order chi connectivity index (χ0) is 12.8. The van der Waals surface area contributed by atoms with E-state index in [4.69, 9.17) is 4.42 Å². The molecule has 0 aliphatic rings. The van der Waals surface area contributed by atoms with E-state index in [2.05, 4.69) is 36.2 Å². The standard InChI is InChI=1S/C16H19NO/c1-3-7-15(16-11-10-13(2)18-16)17-12-14-8-5-4-6-9-14/h3-6,8-11,15,17H,1,7,12H2,2H3/t15-/m0/s1. The average molecular weight is 241 g/mol. The van der Waals surface area contributed by atoms with Gasteiger partial charge < -0.3 is 9.73 Å². The SMILES string of the molecule is C=CC[C@H](NCc1ccccc1)c1ccc(C)o1. The highest BCUT2D eigenvalue weighted by Crippen LogP contribution is 2.20. The van der Waals surface area contributed by atoms with Crippen molar-refractivity contribution in [2.24, 2.45) is 0 Å². The predicted molar refractivity (Wildman–Crippen MR) is 74.3 cm³/mol. The van der Waals surface area contributed by atoms with Gasteiger partial charge in [0.2, 0.25) is 0 Å². The van der Waals surface area contributed by atoms with Gasteiger partial charge in [-0.25, -0.2) is 0 Å². The fourth-order valence-corrected chi connectivity index (χ4v) is 1.94. The van der Waals surface area contributed by atoms with Gasteiger partial charge in [0.25, 0.3) is 0 Å². The first-order valence-corrected chi connectivity index (χ1v) is 6.24. The summed E-state index contributed by atoms with van der Waals surface area (Å²) in [6.07, 6.45) is 2.78. The van der Waals surface area contributed by atoms with Gasteiger partial charge >= 0.3 is 0 Å². The summed E-state index contributed by atoms with van der Waals surface area (Å²) in [5.74, 6) is 1.92. The summed E-state index contributed by atoms with van der Waals surface area (Å²) in [4.78, 5) is 0. The summed E-state index contributed by atoms with van der Waals surface area (Å²) in [5, 5.41) is 3.50. The van der Waals surface area contributed by atoms with Crippen molar-refractivity contribution in [3.63, 3.8) is 0 Å². The van der Waals surface area contributed by atoms with Crippen LogP contribution in [0.5, 0.6) is 0 Å².